The third kappa shape index (κ3) is 12.8. The Morgan fingerprint density at radius 2 is 1.75 bits per heavy atom. The third-order valence-electron chi connectivity index (χ3n) is 2.35. The number of epoxide rings is 1. The molecule has 7 nitrogen and oxygen atoms in total. The van der Waals surface area contributed by atoms with Gasteiger partial charge in [-0.1, -0.05) is 6.92 Å². The van der Waals surface area contributed by atoms with Crippen molar-refractivity contribution in [3.05, 3.63) is 0 Å². The second kappa shape index (κ2) is 10.2. The Labute approximate surface area is 119 Å². The molecular formula is C13H24N2O5. The highest BCUT2D eigenvalue weighted by Gasteiger charge is 2.21. The zero-order chi connectivity index (χ0) is 15.5. The fourth-order valence-electron chi connectivity index (χ4n) is 1.21. The van der Waals surface area contributed by atoms with Gasteiger partial charge in [-0.15, -0.1) is 0 Å². The number of hydrogen-bond acceptors (Lipinski definition) is 5. The number of ether oxygens (including phenoxy) is 2. The molecule has 20 heavy (non-hydrogen) atoms. The molecule has 1 saturated heterocycles. The van der Waals surface area contributed by atoms with Crippen LogP contribution in [0.5, 0.6) is 0 Å². The van der Waals surface area contributed by atoms with Gasteiger partial charge in [0.05, 0.1) is 19.3 Å². The molecule has 0 aromatic rings. The summed E-state index contributed by atoms with van der Waals surface area (Å²) in [6.07, 6.45) is 0.810. The van der Waals surface area contributed by atoms with Gasteiger partial charge in [0.15, 0.2) is 0 Å². The molecule has 1 rings (SSSR count). The lowest BCUT2D eigenvalue weighted by Crippen LogP contribution is -2.32. The lowest BCUT2D eigenvalue weighted by Gasteiger charge is -2.14. The highest BCUT2D eigenvalue weighted by Crippen LogP contribution is 2.05. The number of carbonyl (C=O) groups is 3. The lowest BCUT2D eigenvalue weighted by molar-refractivity contribution is -0.146. The normalized spacial score (nSPS) is 17.1. The summed E-state index contributed by atoms with van der Waals surface area (Å²) in [5, 5.41) is 5.23. The molecule has 1 fully saturated rings. The minimum absolute atomic E-state index is 0.0144. The minimum Gasteiger partial charge on any atom is -0.461 e. The second-order valence-electron chi connectivity index (χ2n) is 4.47. The molecule has 0 saturated carbocycles. The first kappa shape index (κ1) is 18.4. The van der Waals surface area contributed by atoms with Crippen LogP contribution in [0.4, 0.5) is 0 Å². The first-order chi connectivity index (χ1) is 9.35. The van der Waals surface area contributed by atoms with Crippen molar-refractivity contribution in [1.82, 2.24) is 10.6 Å². The van der Waals surface area contributed by atoms with Gasteiger partial charge in [-0.3, -0.25) is 14.4 Å². The van der Waals surface area contributed by atoms with Crippen molar-refractivity contribution in [2.24, 2.45) is 0 Å². The topological polar surface area (TPSA) is 97.0 Å². The largest absolute Gasteiger partial charge is 0.461 e. The summed E-state index contributed by atoms with van der Waals surface area (Å²) in [6.45, 7) is 8.07. The maximum absolute atomic E-state index is 10.5. The molecule has 0 aromatic carbocycles. The summed E-state index contributed by atoms with van der Waals surface area (Å²) in [6, 6.07) is 0. The molecule has 116 valence electrons. The number of esters is 1. The van der Waals surface area contributed by atoms with Gasteiger partial charge in [-0.25, -0.2) is 0 Å². The quantitative estimate of drug-likeness (QED) is 0.529. The molecule has 2 amide bonds. The smallest absolute Gasteiger partial charge is 0.302 e. The Morgan fingerprint density at radius 1 is 1.20 bits per heavy atom. The summed E-state index contributed by atoms with van der Waals surface area (Å²) in [5.74, 6) is -0.409. The van der Waals surface area contributed by atoms with Crippen LogP contribution in [0.3, 0.4) is 0 Å². The SMILES string of the molecule is CC(=O)NCC1CO1.CC[C@H](CNC(C)=O)OC(C)=O. The highest BCUT2D eigenvalue weighted by molar-refractivity contribution is 5.73. The molecule has 0 spiro atoms. The van der Waals surface area contributed by atoms with Crippen molar-refractivity contribution < 1.29 is 23.9 Å². The number of hydrogen-bond donors (Lipinski definition) is 2. The monoisotopic (exact) mass is 288 g/mol. The van der Waals surface area contributed by atoms with E-state index in [1.165, 1.54) is 20.8 Å². The van der Waals surface area contributed by atoms with E-state index in [1.54, 1.807) is 0 Å². The number of rotatable bonds is 6. The van der Waals surface area contributed by atoms with Crippen molar-refractivity contribution in [3.8, 4) is 0 Å². The second-order valence-corrected chi connectivity index (χ2v) is 4.47. The molecule has 0 radical (unpaired) electrons. The van der Waals surface area contributed by atoms with Gasteiger partial charge in [-0.05, 0) is 6.42 Å². The third-order valence-corrected chi connectivity index (χ3v) is 2.35. The van der Waals surface area contributed by atoms with Crippen LogP contribution in [0.15, 0.2) is 0 Å². The Hall–Kier alpha value is -1.63. The molecule has 1 aliphatic rings. The molecule has 0 bridgehead atoms. The van der Waals surface area contributed by atoms with Crippen molar-refractivity contribution >= 4 is 17.8 Å². The van der Waals surface area contributed by atoms with Gasteiger partial charge >= 0.3 is 5.97 Å². The summed E-state index contributed by atoms with van der Waals surface area (Å²) < 4.78 is 9.74. The molecular weight excluding hydrogens is 264 g/mol. The minimum atomic E-state index is -0.313. The predicted octanol–water partition coefficient (Wildman–Crippen LogP) is -0.0145. The van der Waals surface area contributed by atoms with E-state index in [-0.39, 0.29) is 23.9 Å². The van der Waals surface area contributed by atoms with Crippen molar-refractivity contribution in [2.75, 3.05) is 19.7 Å². The van der Waals surface area contributed by atoms with Crippen molar-refractivity contribution in [2.45, 2.75) is 46.3 Å². The van der Waals surface area contributed by atoms with E-state index in [0.717, 1.165) is 6.61 Å². The van der Waals surface area contributed by atoms with Crippen molar-refractivity contribution in [1.29, 1.82) is 0 Å². The summed E-state index contributed by atoms with van der Waals surface area (Å²) in [7, 11) is 0. The molecule has 1 aliphatic heterocycles. The van der Waals surface area contributed by atoms with Crippen LogP contribution in [0.1, 0.15) is 34.1 Å². The summed E-state index contributed by atoms with van der Waals surface area (Å²) >= 11 is 0. The standard InChI is InChI=1S/C8H15NO3.C5H9NO2/c1-4-8(12-7(3)11)5-9-6(2)10;1-4(7)6-2-5-3-8-5/h8H,4-5H2,1-3H3,(H,9,10);5H,2-3H2,1H3,(H,6,7)/t8-;/m1./s1. The van der Waals surface area contributed by atoms with E-state index in [0.29, 0.717) is 25.6 Å². The predicted molar refractivity (Wildman–Crippen MR) is 73.0 cm³/mol. The molecule has 1 unspecified atom stereocenters. The van der Waals surface area contributed by atoms with Gasteiger partial charge in [-0.2, -0.15) is 0 Å². The van der Waals surface area contributed by atoms with Crippen LogP contribution in [0.25, 0.3) is 0 Å². The van der Waals surface area contributed by atoms with Gasteiger partial charge in [0.2, 0.25) is 11.8 Å². The van der Waals surface area contributed by atoms with Crippen molar-refractivity contribution in [3.63, 3.8) is 0 Å². The summed E-state index contributed by atoms with van der Waals surface area (Å²) in [5.41, 5.74) is 0. The maximum Gasteiger partial charge on any atom is 0.302 e. The maximum atomic E-state index is 10.5. The zero-order valence-electron chi connectivity index (χ0n) is 12.5. The van der Waals surface area contributed by atoms with Gasteiger partial charge < -0.3 is 20.1 Å². The molecule has 7 heteroatoms. The average Bonchev–Trinajstić information content (AvgIpc) is 3.16. The van der Waals surface area contributed by atoms with Crippen LogP contribution in [-0.2, 0) is 23.9 Å². The van der Waals surface area contributed by atoms with E-state index in [4.69, 9.17) is 9.47 Å². The molecule has 1 heterocycles. The first-order valence-corrected chi connectivity index (χ1v) is 6.62. The van der Waals surface area contributed by atoms with E-state index >= 15 is 0 Å². The lowest BCUT2D eigenvalue weighted by atomic mass is 10.3. The van der Waals surface area contributed by atoms with Crippen LogP contribution in [-0.4, -0.2) is 49.7 Å². The average molecular weight is 288 g/mol. The zero-order valence-corrected chi connectivity index (χ0v) is 12.5. The fraction of sp³-hybridized carbons (Fsp3) is 0.769. The molecule has 0 aliphatic carbocycles. The Balaban J connectivity index is 0.000000388. The van der Waals surface area contributed by atoms with Crippen LogP contribution in [0.2, 0.25) is 0 Å². The summed E-state index contributed by atoms with van der Waals surface area (Å²) in [4.78, 5) is 31.2. The van der Waals surface area contributed by atoms with Gasteiger partial charge in [0, 0.05) is 27.3 Å². The van der Waals surface area contributed by atoms with E-state index < -0.39 is 0 Å². The van der Waals surface area contributed by atoms with Crippen LogP contribution in [0, 0.1) is 0 Å². The Kier molecular flexibility index (Phi) is 9.36. The fourth-order valence-corrected chi connectivity index (χ4v) is 1.21. The van der Waals surface area contributed by atoms with Gasteiger partial charge in [0.25, 0.3) is 0 Å². The van der Waals surface area contributed by atoms with E-state index in [9.17, 15) is 14.4 Å². The highest BCUT2D eigenvalue weighted by atomic mass is 16.6. The molecule has 2 N–H and O–H groups in total. The Bertz CT molecular complexity index is 329. The number of nitrogens with one attached hydrogen (secondary N) is 2. The van der Waals surface area contributed by atoms with E-state index in [1.807, 2.05) is 6.92 Å². The van der Waals surface area contributed by atoms with Crippen LogP contribution >= 0.6 is 0 Å². The molecule has 0 aromatic heterocycles. The Morgan fingerprint density at radius 3 is 2.10 bits per heavy atom. The molecule has 2 atom stereocenters. The van der Waals surface area contributed by atoms with E-state index in [2.05, 4.69) is 10.6 Å². The van der Waals surface area contributed by atoms with Crippen LogP contribution < -0.4 is 10.6 Å². The number of carbonyl (C=O) groups excluding carboxylic acids is 3. The first-order valence-electron chi connectivity index (χ1n) is 6.62. The van der Waals surface area contributed by atoms with Gasteiger partial charge in [0.1, 0.15) is 6.10 Å². The number of amides is 2.